The maximum Gasteiger partial charge on any atom is 0.249 e. The van der Waals surface area contributed by atoms with Gasteiger partial charge in [0.1, 0.15) is 29.7 Å². The van der Waals surface area contributed by atoms with Crippen LogP contribution in [-0.2, 0) is 25.6 Å². The minimum atomic E-state index is -0.748. The fourth-order valence-corrected chi connectivity index (χ4v) is 8.93. The maximum absolute atomic E-state index is 14.0. The van der Waals surface area contributed by atoms with Crippen molar-refractivity contribution in [3.63, 3.8) is 0 Å². The SMILES string of the molecule is CCCC(CCC(Cc1ccc(F)cc1)C(=O)NC1CCSC2CCCC(C#N)N2C1=O)C(=O)NC1CCCCN(c2ccccc2OC)C1=O. The van der Waals surface area contributed by atoms with E-state index in [1.54, 1.807) is 40.8 Å². The first-order valence-electron chi connectivity index (χ1n) is 18.4. The molecule has 0 saturated carbocycles. The first-order chi connectivity index (χ1) is 24.7. The molecule has 3 aliphatic heterocycles. The molecule has 5 rings (SSSR count). The summed E-state index contributed by atoms with van der Waals surface area (Å²) in [7, 11) is 1.57. The van der Waals surface area contributed by atoms with Gasteiger partial charge in [0.15, 0.2) is 0 Å². The molecule has 2 aromatic rings. The van der Waals surface area contributed by atoms with Gasteiger partial charge in [-0.1, -0.05) is 37.6 Å². The van der Waals surface area contributed by atoms with Crippen LogP contribution in [0.15, 0.2) is 48.5 Å². The van der Waals surface area contributed by atoms with Crippen molar-refractivity contribution in [1.29, 1.82) is 5.26 Å². The number of nitriles is 1. The second-order valence-corrected chi connectivity index (χ2v) is 15.1. The fourth-order valence-electron chi connectivity index (χ4n) is 7.54. The molecule has 6 unspecified atom stereocenters. The number of ether oxygens (including phenoxy) is 1. The maximum atomic E-state index is 14.0. The highest BCUT2D eigenvalue weighted by molar-refractivity contribution is 7.99. The fraction of sp³-hybridized carbons (Fsp3) is 0.564. The molecule has 0 aromatic heterocycles. The highest BCUT2D eigenvalue weighted by Gasteiger charge is 2.41. The highest BCUT2D eigenvalue weighted by Crippen LogP contribution is 2.35. The van der Waals surface area contributed by atoms with E-state index >= 15 is 0 Å². The van der Waals surface area contributed by atoms with E-state index in [9.17, 15) is 28.8 Å². The van der Waals surface area contributed by atoms with E-state index in [1.807, 2.05) is 31.2 Å². The molecule has 3 heterocycles. The Morgan fingerprint density at radius 3 is 2.35 bits per heavy atom. The van der Waals surface area contributed by atoms with Crippen LogP contribution in [0.5, 0.6) is 5.75 Å². The van der Waals surface area contributed by atoms with Gasteiger partial charge in [-0.05, 0) is 106 Å². The van der Waals surface area contributed by atoms with Crippen molar-refractivity contribution in [2.75, 3.05) is 24.3 Å². The monoisotopic (exact) mass is 719 g/mol. The van der Waals surface area contributed by atoms with Crippen LogP contribution in [0.3, 0.4) is 0 Å². The zero-order valence-electron chi connectivity index (χ0n) is 29.7. The van der Waals surface area contributed by atoms with Crippen LogP contribution in [0.4, 0.5) is 10.1 Å². The number of halogens is 1. The van der Waals surface area contributed by atoms with Gasteiger partial charge in [-0.15, -0.1) is 11.8 Å². The molecule has 2 aromatic carbocycles. The Morgan fingerprint density at radius 1 is 0.922 bits per heavy atom. The zero-order valence-corrected chi connectivity index (χ0v) is 30.5. The van der Waals surface area contributed by atoms with Crippen molar-refractivity contribution in [1.82, 2.24) is 15.5 Å². The largest absolute Gasteiger partial charge is 0.495 e. The highest BCUT2D eigenvalue weighted by atomic mass is 32.2. The summed E-state index contributed by atoms with van der Waals surface area (Å²) in [6, 6.07) is 13.7. The van der Waals surface area contributed by atoms with Crippen LogP contribution < -0.4 is 20.3 Å². The molecule has 0 radical (unpaired) electrons. The third-order valence-corrected chi connectivity index (χ3v) is 11.6. The molecule has 274 valence electrons. The minimum absolute atomic E-state index is 0.0664. The van der Waals surface area contributed by atoms with Crippen molar-refractivity contribution in [3.8, 4) is 11.8 Å². The van der Waals surface area contributed by atoms with Gasteiger partial charge in [0, 0.05) is 18.4 Å². The number of methoxy groups -OCH3 is 1. The van der Waals surface area contributed by atoms with Crippen LogP contribution in [-0.4, -0.2) is 71.4 Å². The van der Waals surface area contributed by atoms with Crippen molar-refractivity contribution in [3.05, 3.63) is 59.9 Å². The van der Waals surface area contributed by atoms with E-state index in [4.69, 9.17) is 4.74 Å². The molecule has 2 N–H and O–H groups in total. The lowest BCUT2D eigenvalue weighted by molar-refractivity contribution is -0.140. The summed E-state index contributed by atoms with van der Waals surface area (Å²) < 4.78 is 19.3. The number of piperidine rings is 1. The Labute approximate surface area is 304 Å². The summed E-state index contributed by atoms with van der Waals surface area (Å²) >= 11 is 1.66. The Morgan fingerprint density at radius 2 is 1.63 bits per heavy atom. The van der Waals surface area contributed by atoms with E-state index in [0.717, 1.165) is 37.7 Å². The molecule has 3 fully saturated rings. The lowest BCUT2D eigenvalue weighted by Gasteiger charge is -2.38. The van der Waals surface area contributed by atoms with Gasteiger partial charge in [0.25, 0.3) is 0 Å². The quantitative estimate of drug-likeness (QED) is 0.270. The molecule has 0 bridgehead atoms. The van der Waals surface area contributed by atoms with Crippen molar-refractivity contribution in [2.45, 2.75) is 107 Å². The van der Waals surface area contributed by atoms with Gasteiger partial charge in [-0.3, -0.25) is 19.2 Å². The molecule has 0 spiro atoms. The van der Waals surface area contributed by atoms with Crippen molar-refractivity contribution >= 4 is 41.1 Å². The lowest BCUT2D eigenvalue weighted by Crippen LogP contribution is -2.55. The number of thioether (sulfide) groups is 1. The lowest BCUT2D eigenvalue weighted by atomic mass is 9.87. The average Bonchev–Trinajstić information content (AvgIpc) is 3.42. The number of amides is 4. The Kier molecular flexibility index (Phi) is 13.8. The Balaban J connectivity index is 1.29. The van der Waals surface area contributed by atoms with E-state index in [-0.39, 0.29) is 34.8 Å². The number of benzene rings is 2. The number of hydrogen-bond donors (Lipinski definition) is 2. The number of carbonyl (C=O) groups excluding carboxylic acids is 4. The van der Waals surface area contributed by atoms with Gasteiger partial charge in [-0.2, -0.15) is 5.26 Å². The molecular formula is C39H50FN5O5S. The third kappa shape index (κ3) is 9.61. The van der Waals surface area contributed by atoms with Gasteiger partial charge < -0.3 is 25.2 Å². The summed E-state index contributed by atoms with van der Waals surface area (Å²) in [6.45, 7) is 2.53. The van der Waals surface area contributed by atoms with Gasteiger partial charge >= 0.3 is 0 Å². The number of para-hydroxylation sites is 2. The summed E-state index contributed by atoms with van der Waals surface area (Å²) in [6.07, 6.45) is 7.30. The summed E-state index contributed by atoms with van der Waals surface area (Å²) in [4.78, 5) is 58.8. The standard InChI is InChI=1S/C39H50FN5O5S/c1-3-9-27(36(46)42-31-11-6-7-22-44(38(31)48)33-12-4-5-13-34(33)50-2)17-18-28(24-26-15-19-29(40)20-16-26)37(47)43-32-21-23-51-35-14-8-10-30(25-41)45(35)39(32)49/h4-5,12-13,15-16,19-20,27-28,30-32,35H,3,6-11,14,17-18,21-24H2,1-2H3,(H,42,46)(H,43,47). The van der Waals surface area contributed by atoms with E-state index in [1.165, 1.54) is 12.1 Å². The van der Waals surface area contributed by atoms with Gasteiger partial charge in [-0.25, -0.2) is 4.39 Å². The molecular weight excluding hydrogens is 670 g/mol. The number of nitrogens with one attached hydrogen (secondary N) is 2. The molecule has 3 saturated heterocycles. The Hall–Kier alpha value is -4.11. The third-order valence-electron chi connectivity index (χ3n) is 10.3. The number of anilines is 1. The molecule has 12 heteroatoms. The zero-order chi connectivity index (χ0) is 36.3. The van der Waals surface area contributed by atoms with Gasteiger partial charge in [0.2, 0.25) is 23.6 Å². The molecule has 3 aliphatic rings. The minimum Gasteiger partial charge on any atom is -0.495 e. The first kappa shape index (κ1) is 38.1. The molecule has 10 nitrogen and oxygen atoms in total. The molecule has 0 aliphatic carbocycles. The molecule has 6 atom stereocenters. The second kappa shape index (κ2) is 18.4. The molecule has 4 amide bonds. The number of nitrogens with zero attached hydrogens (tertiary/aromatic N) is 3. The number of hydrogen-bond acceptors (Lipinski definition) is 7. The van der Waals surface area contributed by atoms with Crippen LogP contribution in [0, 0.1) is 29.0 Å². The van der Waals surface area contributed by atoms with Crippen molar-refractivity contribution < 1.29 is 28.3 Å². The average molecular weight is 720 g/mol. The summed E-state index contributed by atoms with van der Waals surface area (Å²) in [5.74, 6) is -1.02. The van der Waals surface area contributed by atoms with Crippen LogP contribution in [0.25, 0.3) is 0 Å². The number of fused-ring (bicyclic) bond motifs is 1. The smallest absolute Gasteiger partial charge is 0.249 e. The van der Waals surface area contributed by atoms with Gasteiger partial charge in [0.05, 0.1) is 24.2 Å². The van der Waals surface area contributed by atoms with Crippen LogP contribution in [0.1, 0.15) is 83.1 Å². The second-order valence-electron chi connectivity index (χ2n) is 13.8. The summed E-state index contributed by atoms with van der Waals surface area (Å²) in [5, 5.41) is 15.8. The topological polar surface area (TPSA) is 132 Å². The van der Waals surface area contributed by atoms with E-state index < -0.39 is 30.0 Å². The van der Waals surface area contributed by atoms with Crippen LogP contribution >= 0.6 is 11.8 Å². The predicted octanol–water partition coefficient (Wildman–Crippen LogP) is 5.74. The number of rotatable bonds is 13. The summed E-state index contributed by atoms with van der Waals surface area (Å²) in [5.41, 5.74) is 1.45. The van der Waals surface area contributed by atoms with Crippen LogP contribution in [0.2, 0.25) is 0 Å². The predicted molar refractivity (Wildman–Crippen MR) is 195 cm³/mol. The van der Waals surface area contributed by atoms with Crippen molar-refractivity contribution in [2.24, 2.45) is 11.8 Å². The molecule has 51 heavy (non-hydrogen) atoms. The number of carbonyl (C=O) groups is 4. The van der Waals surface area contributed by atoms with E-state index in [0.29, 0.717) is 68.7 Å². The Bertz CT molecular complexity index is 1570. The first-order valence-corrected chi connectivity index (χ1v) is 19.4. The van der Waals surface area contributed by atoms with E-state index in [2.05, 4.69) is 16.7 Å². The normalized spacial score (nSPS) is 23.6.